The fraction of sp³-hybridized carbons (Fsp3) is 0.152. The van der Waals surface area contributed by atoms with E-state index in [1.807, 2.05) is 60.8 Å². The molecule has 0 bridgehead atoms. The fourth-order valence-corrected chi connectivity index (χ4v) is 16.2. The van der Waals surface area contributed by atoms with Crippen LogP contribution in [0, 0.1) is 32.2 Å². The number of hydrogen-bond donors (Lipinski definition) is 0. The zero-order valence-corrected chi connectivity index (χ0v) is 58.6. The topological polar surface area (TPSA) is 53.9 Å². The van der Waals surface area contributed by atoms with Crippen LogP contribution in [0.5, 0.6) is 11.5 Å². The number of furan rings is 1. The Labute approximate surface area is 604 Å². The molecule has 0 atom stereocenters. The molecule has 1 aliphatic heterocycles. The van der Waals surface area contributed by atoms with Crippen molar-refractivity contribution in [2.24, 2.45) is 0 Å². The van der Waals surface area contributed by atoms with E-state index in [1.54, 1.807) is 18.2 Å². The summed E-state index contributed by atoms with van der Waals surface area (Å²) in [4.78, 5) is 4.96. The molecule has 19 rings (SSSR count). The third-order valence-electron chi connectivity index (χ3n) is 21.4. The van der Waals surface area contributed by atoms with Gasteiger partial charge in [0, 0.05) is 79.7 Å². The average molecular weight is 1480 g/mol. The third-order valence-corrected chi connectivity index (χ3v) is 21.4. The Morgan fingerprint density at radius 2 is 1.09 bits per heavy atom. The van der Waals surface area contributed by atoms with Crippen molar-refractivity contribution in [1.82, 2.24) is 18.7 Å². The molecule has 0 radical (unpaired) electrons. The average Bonchev–Trinajstić information content (AvgIpc) is 1.61. The van der Waals surface area contributed by atoms with Crippen molar-refractivity contribution in [2.75, 3.05) is 0 Å². The van der Waals surface area contributed by atoms with E-state index in [2.05, 4.69) is 249 Å². The van der Waals surface area contributed by atoms with E-state index in [0.29, 0.717) is 33.9 Å². The maximum atomic E-state index is 9.20. The Bertz CT molecular complexity index is 6470. The Kier molecular flexibility index (Phi) is 12.4. The molecule has 6 heterocycles. The Morgan fingerprint density at radius 3 is 1.79 bits per heavy atom. The van der Waals surface area contributed by atoms with Gasteiger partial charge in [-0.1, -0.05) is 181 Å². The van der Waals surface area contributed by atoms with Crippen molar-refractivity contribution in [2.45, 2.75) is 91.3 Å². The van der Waals surface area contributed by atoms with E-state index < -0.39 is 13.7 Å². The largest absolute Gasteiger partial charge is 0.510 e. The number of imidazole rings is 1. The molecule has 0 fully saturated rings. The molecular weight excluding hydrogens is 1400 g/mol. The molecule has 0 N–H and O–H groups in total. The van der Waals surface area contributed by atoms with Crippen LogP contribution in [0.1, 0.15) is 97.3 Å². The number of pyridine rings is 1. The van der Waals surface area contributed by atoms with Gasteiger partial charge < -0.3 is 22.9 Å². The zero-order chi connectivity index (χ0) is 72.0. The number of para-hydroxylation sites is 4. The first-order chi connectivity index (χ1) is 50.4. The number of ether oxygens (including phenoxy) is 1. The maximum Gasteiger partial charge on any atom is 0.268 e. The van der Waals surface area contributed by atoms with Crippen LogP contribution in [0.2, 0.25) is 0 Å². The van der Waals surface area contributed by atoms with Crippen molar-refractivity contribution in [1.29, 1.82) is 0 Å². The van der Waals surface area contributed by atoms with Gasteiger partial charge in [-0.2, -0.15) is 18.2 Å². The summed E-state index contributed by atoms with van der Waals surface area (Å²) in [6, 6.07) is 88.4. The molecule has 0 amide bonds. The van der Waals surface area contributed by atoms with Gasteiger partial charge in [0.2, 0.25) is 0 Å². The number of nitrogens with zero attached hydrogens (tertiary/aromatic N) is 5. The molecule has 0 spiro atoms. The van der Waals surface area contributed by atoms with Gasteiger partial charge in [-0.3, -0.25) is 4.57 Å². The Hall–Kier alpha value is -10.9. The first-order valence-corrected chi connectivity index (χ1v) is 34.1. The second kappa shape index (κ2) is 22.6. The molecular formula is C92H71N5O2Pt-2. The Morgan fingerprint density at radius 1 is 0.490 bits per heavy atom. The van der Waals surface area contributed by atoms with Crippen LogP contribution in [0.3, 0.4) is 0 Å². The van der Waals surface area contributed by atoms with E-state index in [9.17, 15) is 8.22 Å². The quantitative estimate of drug-likeness (QED) is 0.118. The summed E-state index contributed by atoms with van der Waals surface area (Å²) in [7, 11) is 0. The predicted molar refractivity (Wildman–Crippen MR) is 406 cm³/mol. The normalized spacial score (nSPS) is 15.0. The summed E-state index contributed by atoms with van der Waals surface area (Å²) in [6.07, 6.45) is 7.89. The number of rotatable bonds is 7. The van der Waals surface area contributed by atoms with Crippen molar-refractivity contribution >= 4 is 76.6 Å². The summed E-state index contributed by atoms with van der Waals surface area (Å²) in [5.74, 6) is 1.72. The van der Waals surface area contributed by atoms with E-state index in [0.717, 1.165) is 146 Å². The summed E-state index contributed by atoms with van der Waals surface area (Å²) in [5, 5.41) is 6.14. The van der Waals surface area contributed by atoms with Gasteiger partial charge in [0.05, 0.1) is 27.8 Å². The molecule has 12 aromatic carbocycles. The van der Waals surface area contributed by atoms with Gasteiger partial charge in [-0.25, -0.2) is 4.98 Å². The number of benzene rings is 12. The van der Waals surface area contributed by atoms with Crippen LogP contribution in [0.4, 0.5) is 0 Å². The standard InChI is InChI=1S/C92H71N5O2.Pt/c1-55-22-20-23-56(2)87(55)58-45-71(57-36-39-85-74(44-57)70-31-15-19-35-84(70)99-85)88-75(46-58)73-53-78-77(91(6,7)41-42-92(78,8)9)52-72(73)64-26-10-11-27-65(64)76-49-61(96-79-32-16-12-28-66(79)67-29-13-17-33-80(67)96)50-83-89(76)95(88)54-94(83)60-24-21-25-62(48-60)98-63-37-38-69-68-30-14-18-34-81(68)97(82(69)51-63)86-47-59(40-43-93-86)90(3,4)5;/h10-40,43-47,49-50,52-53H,41-42H2,1-9H3;/q-2;/i1D3,2D3;. The molecule has 0 unspecified atom stereocenters. The molecule has 100 heavy (non-hydrogen) atoms. The fourth-order valence-electron chi connectivity index (χ4n) is 16.2. The molecule has 8 heteroatoms. The zero-order valence-electron chi connectivity index (χ0n) is 62.4. The predicted octanol–water partition coefficient (Wildman–Crippen LogP) is 23.5. The van der Waals surface area contributed by atoms with Gasteiger partial charge >= 0.3 is 0 Å². The monoisotopic (exact) mass is 1480 g/mol. The van der Waals surface area contributed by atoms with Gasteiger partial charge in [0.1, 0.15) is 17.0 Å². The third kappa shape index (κ3) is 9.48. The van der Waals surface area contributed by atoms with E-state index >= 15 is 0 Å². The van der Waals surface area contributed by atoms with Crippen molar-refractivity contribution in [3.8, 4) is 90.0 Å². The van der Waals surface area contributed by atoms with E-state index in [1.165, 1.54) is 11.1 Å². The minimum atomic E-state index is -2.72. The first-order valence-electron chi connectivity index (χ1n) is 37.1. The van der Waals surface area contributed by atoms with Crippen molar-refractivity contribution in [3.63, 3.8) is 0 Å². The van der Waals surface area contributed by atoms with Crippen LogP contribution in [0.15, 0.2) is 247 Å². The number of aromatic nitrogens is 5. The van der Waals surface area contributed by atoms with Crippen LogP contribution in [-0.2, 0) is 37.3 Å². The maximum absolute atomic E-state index is 9.20. The summed E-state index contributed by atoms with van der Waals surface area (Å²) < 4.78 is 77.7. The number of fused-ring (bicyclic) bond motifs is 17. The van der Waals surface area contributed by atoms with Crippen LogP contribution in [-0.4, -0.2) is 18.7 Å². The van der Waals surface area contributed by atoms with Crippen LogP contribution < -0.4 is 9.30 Å². The number of aryl methyl sites for hydroxylation is 2. The van der Waals surface area contributed by atoms with Gasteiger partial charge in [0.25, 0.3) is 6.33 Å². The molecule has 17 aromatic rings. The van der Waals surface area contributed by atoms with Crippen LogP contribution in [0.25, 0.3) is 155 Å². The molecule has 0 saturated heterocycles. The van der Waals surface area contributed by atoms with Gasteiger partial charge in [-0.15, -0.1) is 29.7 Å². The van der Waals surface area contributed by atoms with Gasteiger partial charge in [-0.05, 0) is 216 Å². The van der Waals surface area contributed by atoms with Gasteiger partial charge in [0.15, 0.2) is 0 Å². The molecule has 5 aromatic heterocycles. The molecule has 1 aliphatic carbocycles. The summed E-state index contributed by atoms with van der Waals surface area (Å²) >= 11 is 0. The van der Waals surface area contributed by atoms with Crippen molar-refractivity contribution in [3.05, 3.63) is 289 Å². The van der Waals surface area contributed by atoms with Crippen molar-refractivity contribution < 1.29 is 43.0 Å². The minimum Gasteiger partial charge on any atom is -0.510 e. The molecule has 0 saturated carbocycles. The SMILES string of the molecule is [2H]C([2H])([2H])c1cccc(C([2H])([2H])[2H])c1-c1cc(-c2ccc3oc4ccccc4c3c2)c2c(c1)-c1cc3c(cc1-c1ccccc1-c1cc(-n4c5ccccc5c5ccccc54)cc4c1[n+]-2[c-]n4-c1[c-]c(Oc2[c-]c4c(cc2)c2ccccc2n4-c2cc(C(C)(C)C)ccn2)ccc1)C(C)(C)CCC3(C)C.[Pt]. The van der Waals surface area contributed by atoms with E-state index in [-0.39, 0.29) is 54.0 Å². The smallest absolute Gasteiger partial charge is 0.268 e. The molecule has 7 nitrogen and oxygen atoms in total. The summed E-state index contributed by atoms with van der Waals surface area (Å²) in [5.41, 5.74) is 19.7. The first kappa shape index (κ1) is 55.1. The molecule has 2 aliphatic rings. The van der Waals surface area contributed by atoms with Crippen LogP contribution >= 0.6 is 0 Å². The molecule has 488 valence electrons. The Balaban J connectivity index is 0.00000796. The number of hydrogen-bond acceptors (Lipinski definition) is 3. The minimum absolute atomic E-state index is 0. The van der Waals surface area contributed by atoms with E-state index in [4.69, 9.17) is 14.1 Å². The summed E-state index contributed by atoms with van der Waals surface area (Å²) in [6.45, 7) is 10.6. The second-order valence-electron chi connectivity index (χ2n) is 29.3. The second-order valence-corrected chi connectivity index (χ2v) is 29.3.